The molecule has 4 aromatic rings. The van der Waals surface area contributed by atoms with Crippen molar-refractivity contribution in [2.24, 2.45) is 0 Å². The summed E-state index contributed by atoms with van der Waals surface area (Å²) in [7, 11) is 0. The quantitative estimate of drug-likeness (QED) is 0.488. The summed E-state index contributed by atoms with van der Waals surface area (Å²) < 4.78 is 5.39. The minimum atomic E-state index is -0.156. The second-order valence-electron chi connectivity index (χ2n) is 8.20. The predicted octanol–water partition coefficient (Wildman–Crippen LogP) is 5.05. The Morgan fingerprint density at radius 3 is 2.62 bits per heavy atom. The summed E-state index contributed by atoms with van der Waals surface area (Å²) in [6.07, 6.45) is 2.45. The molecule has 1 fully saturated rings. The summed E-state index contributed by atoms with van der Waals surface area (Å²) in [5.41, 5.74) is 5.08. The van der Waals surface area contributed by atoms with Gasteiger partial charge in [0.15, 0.2) is 0 Å². The van der Waals surface area contributed by atoms with Crippen molar-refractivity contribution in [3.63, 3.8) is 0 Å². The van der Waals surface area contributed by atoms with Crippen molar-refractivity contribution in [3.8, 4) is 11.1 Å². The molecule has 0 spiro atoms. The second kappa shape index (κ2) is 8.35. The first-order valence-corrected chi connectivity index (χ1v) is 10.8. The summed E-state index contributed by atoms with van der Waals surface area (Å²) in [5.74, 6) is -0.152. The lowest BCUT2D eigenvalue weighted by atomic mass is 9.95. The summed E-state index contributed by atoms with van der Waals surface area (Å²) in [6.45, 7) is 3.16. The largest absolute Gasteiger partial charge is 0.464 e. The van der Waals surface area contributed by atoms with Crippen molar-refractivity contribution in [2.45, 2.75) is 19.4 Å². The van der Waals surface area contributed by atoms with Crippen LogP contribution < -0.4 is 5.32 Å². The number of nitrogens with one attached hydrogen (secondary N) is 1. The number of carbonyl (C=O) groups is 2. The number of furan rings is 1. The molecule has 1 N–H and O–H groups in total. The molecule has 5 nitrogen and oxygen atoms in total. The Balaban J connectivity index is 1.30. The maximum Gasteiger partial charge on any atom is 0.254 e. The molecular formula is C27H24N2O3. The molecular weight excluding hydrogens is 400 g/mol. The number of carbonyl (C=O) groups excluding carboxylic acids is 2. The highest BCUT2D eigenvalue weighted by Crippen LogP contribution is 2.28. The first-order valence-electron chi connectivity index (χ1n) is 10.8. The zero-order chi connectivity index (χ0) is 22.1. The van der Waals surface area contributed by atoms with Gasteiger partial charge in [-0.2, -0.15) is 0 Å². The highest BCUT2D eigenvalue weighted by Gasteiger charge is 2.34. The van der Waals surface area contributed by atoms with Gasteiger partial charge in [0.1, 0.15) is 5.58 Å². The van der Waals surface area contributed by atoms with Crippen LogP contribution in [0, 0.1) is 6.92 Å². The number of likely N-dealkylation sites (tertiary alicyclic amines) is 1. The molecule has 1 unspecified atom stereocenters. The number of amides is 2. The summed E-state index contributed by atoms with van der Waals surface area (Å²) in [5, 5.41) is 3.79. The first kappa shape index (κ1) is 20.1. The molecule has 2 amide bonds. The van der Waals surface area contributed by atoms with Crippen LogP contribution in [-0.4, -0.2) is 35.8 Å². The van der Waals surface area contributed by atoms with Crippen LogP contribution in [0.15, 0.2) is 83.5 Å². The molecule has 1 saturated heterocycles. The molecule has 0 aliphatic carbocycles. The lowest BCUT2D eigenvalue weighted by Gasteiger charge is -2.41. The lowest BCUT2D eigenvalue weighted by Crippen LogP contribution is -2.56. The Morgan fingerprint density at radius 1 is 1.00 bits per heavy atom. The van der Waals surface area contributed by atoms with E-state index in [-0.39, 0.29) is 17.9 Å². The Morgan fingerprint density at radius 2 is 1.81 bits per heavy atom. The minimum absolute atomic E-state index is 0.00420. The molecule has 32 heavy (non-hydrogen) atoms. The summed E-state index contributed by atoms with van der Waals surface area (Å²) >= 11 is 0. The second-order valence-corrected chi connectivity index (χ2v) is 8.20. The molecule has 2 heterocycles. The molecule has 3 aromatic carbocycles. The van der Waals surface area contributed by atoms with Crippen molar-refractivity contribution >= 4 is 22.8 Å². The monoisotopic (exact) mass is 424 g/mol. The number of hydrogen-bond donors (Lipinski definition) is 1. The van der Waals surface area contributed by atoms with Gasteiger partial charge in [0.2, 0.25) is 0 Å². The van der Waals surface area contributed by atoms with E-state index >= 15 is 0 Å². The maximum atomic E-state index is 13.4. The van der Waals surface area contributed by atoms with Gasteiger partial charge in [0.25, 0.3) is 11.8 Å². The lowest BCUT2D eigenvalue weighted by molar-refractivity contribution is 0.0456. The zero-order valence-corrected chi connectivity index (χ0v) is 17.9. The molecule has 0 saturated carbocycles. The SMILES string of the molecule is Cc1cccc(-c2ccccc2C(=O)N2CCC2CNC(=O)c2cccc3occc23)c1. The van der Waals surface area contributed by atoms with Crippen LogP contribution in [0.5, 0.6) is 0 Å². The fourth-order valence-electron chi connectivity index (χ4n) is 4.31. The third kappa shape index (κ3) is 3.66. The van der Waals surface area contributed by atoms with Crippen molar-refractivity contribution < 1.29 is 14.0 Å². The van der Waals surface area contributed by atoms with Gasteiger partial charge >= 0.3 is 0 Å². The maximum absolute atomic E-state index is 13.4. The Labute approximate surface area is 186 Å². The fraction of sp³-hybridized carbons (Fsp3) is 0.185. The number of aryl methyl sites for hydroxylation is 1. The molecule has 1 aromatic heterocycles. The van der Waals surface area contributed by atoms with Crippen LogP contribution in [0.1, 0.15) is 32.7 Å². The van der Waals surface area contributed by atoms with E-state index in [1.807, 2.05) is 66.4 Å². The normalized spacial score (nSPS) is 15.4. The molecule has 5 heteroatoms. The average Bonchev–Trinajstić information content (AvgIpc) is 3.27. The van der Waals surface area contributed by atoms with Gasteiger partial charge in [0.05, 0.1) is 17.9 Å². The van der Waals surface area contributed by atoms with E-state index in [0.29, 0.717) is 29.8 Å². The standard InChI is InChI=1S/C27H24N2O3/c1-18-6-4-7-19(16-18)21-8-2-3-9-24(21)27(31)29-14-12-20(29)17-28-26(30)23-10-5-11-25-22(23)13-15-32-25/h2-11,13,15-16,20H,12,14,17H2,1H3,(H,28,30). The van der Waals surface area contributed by atoms with Crippen LogP contribution >= 0.6 is 0 Å². The summed E-state index contributed by atoms with van der Waals surface area (Å²) in [4.78, 5) is 28.0. The third-order valence-corrected chi connectivity index (χ3v) is 6.13. The van der Waals surface area contributed by atoms with Crippen molar-refractivity contribution in [1.82, 2.24) is 10.2 Å². The zero-order valence-electron chi connectivity index (χ0n) is 17.9. The number of hydrogen-bond acceptors (Lipinski definition) is 3. The van der Waals surface area contributed by atoms with Gasteiger partial charge in [-0.25, -0.2) is 0 Å². The van der Waals surface area contributed by atoms with E-state index in [1.54, 1.807) is 18.4 Å². The predicted molar refractivity (Wildman–Crippen MR) is 125 cm³/mol. The Kier molecular flexibility index (Phi) is 5.23. The van der Waals surface area contributed by atoms with Crippen molar-refractivity contribution in [2.75, 3.05) is 13.1 Å². The van der Waals surface area contributed by atoms with E-state index < -0.39 is 0 Å². The van der Waals surface area contributed by atoms with E-state index in [2.05, 4.69) is 11.4 Å². The van der Waals surface area contributed by atoms with E-state index in [4.69, 9.17) is 4.42 Å². The third-order valence-electron chi connectivity index (χ3n) is 6.13. The molecule has 1 aliphatic heterocycles. The van der Waals surface area contributed by atoms with Crippen molar-refractivity contribution in [1.29, 1.82) is 0 Å². The van der Waals surface area contributed by atoms with E-state index in [1.165, 1.54) is 0 Å². The van der Waals surface area contributed by atoms with E-state index in [9.17, 15) is 9.59 Å². The first-order chi connectivity index (χ1) is 15.6. The molecule has 0 radical (unpaired) electrons. The number of rotatable bonds is 5. The fourth-order valence-corrected chi connectivity index (χ4v) is 4.31. The molecule has 5 rings (SSSR count). The number of nitrogens with zero attached hydrogens (tertiary/aromatic N) is 1. The van der Waals surface area contributed by atoms with Crippen LogP contribution in [0.2, 0.25) is 0 Å². The van der Waals surface area contributed by atoms with Crippen LogP contribution in [0.3, 0.4) is 0 Å². The smallest absolute Gasteiger partial charge is 0.254 e. The number of benzene rings is 3. The molecule has 1 aliphatic rings. The van der Waals surface area contributed by atoms with Gasteiger partial charge < -0.3 is 14.6 Å². The number of fused-ring (bicyclic) bond motifs is 1. The van der Waals surface area contributed by atoms with Crippen LogP contribution in [0.4, 0.5) is 0 Å². The van der Waals surface area contributed by atoms with E-state index in [0.717, 1.165) is 28.5 Å². The topological polar surface area (TPSA) is 62.6 Å². The van der Waals surface area contributed by atoms with Gasteiger partial charge in [-0.15, -0.1) is 0 Å². The van der Waals surface area contributed by atoms with Gasteiger partial charge in [-0.3, -0.25) is 9.59 Å². The van der Waals surface area contributed by atoms with Crippen molar-refractivity contribution in [3.05, 3.63) is 95.7 Å². The van der Waals surface area contributed by atoms with Gasteiger partial charge in [-0.05, 0) is 48.7 Å². The van der Waals surface area contributed by atoms with Gasteiger partial charge in [0, 0.05) is 24.0 Å². The van der Waals surface area contributed by atoms with Crippen LogP contribution in [0.25, 0.3) is 22.1 Å². The molecule has 0 bridgehead atoms. The average molecular weight is 425 g/mol. The molecule has 1 atom stereocenters. The molecule has 160 valence electrons. The Hall–Kier alpha value is -3.86. The highest BCUT2D eigenvalue weighted by atomic mass is 16.3. The van der Waals surface area contributed by atoms with Crippen LogP contribution in [-0.2, 0) is 0 Å². The minimum Gasteiger partial charge on any atom is -0.464 e. The summed E-state index contributed by atoms with van der Waals surface area (Å²) in [6, 6.07) is 23.1. The Bertz CT molecular complexity index is 1310. The van der Waals surface area contributed by atoms with Gasteiger partial charge in [-0.1, -0.05) is 54.1 Å². The highest BCUT2D eigenvalue weighted by molar-refractivity contribution is 6.06.